The average Bonchev–Trinajstić information content (AvgIpc) is 2.41. The lowest BCUT2D eigenvalue weighted by molar-refractivity contribution is 1.05. The minimum atomic E-state index is -0.579. The van der Waals surface area contributed by atoms with Crippen LogP contribution in [-0.2, 0) is 0 Å². The van der Waals surface area contributed by atoms with E-state index in [1.165, 1.54) is 0 Å². The molecular weight excluding hydrogens is 256 g/mol. The molecule has 3 aromatic rings. The number of hydrogen-bond acceptors (Lipinski definition) is 4. The van der Waals surface area contributed by atoms with Crippen LogP contribution in [0, 0.1) is 13.8 Å². The largest absolute Gasteiger partial charge is 0.327 e. The number of nitrogens with zero attached hydrogens (tertiary/aromatic N) is 2. The first-order valence-electron chi connectivity index (χ1n) is 6.46. The molecule has 0 fully saturated rings. The molecule has 2 aromatic heterocycles. The van der Waals surface area contributed by atoms with Gasteiger partial charge in [-0.1, -0.05) is 13.8 Å². The van der Waals surface area contributed by atoms with Crippen molar-refractivity contribution in [2.45, 2.75) is 27.7 Å². The quantitative estimate of drug-likeness (QED) is 0.610. The highest BCUT2D eigenvalue weighted by molar-refractivity contribution is 5.84. The molecule has 0 radical (unpaired) electrons. The summed E-state index contributed by atoms with van der Waals surface area (Å²) in [7, 11) is 0. The zero-order chi connectivity index (χ0) is 14.9. The highest BCUT2D eigenvalue weighted by Crippen LogP contribution is 2.16. The molecule has 0 atom stereocenters. The molecule has 0 spiro atoms. The summed E-state index contributed by atoms with van der Waals surface area (Å²) in [6, 6.07) is 3.76. The lowest BCUT2D eigenvalue weighted by Crippen LogP contribution is -2.23. The summed E-state index contributed by atoms with van der Waals surface area (Å²) in [6.45, 7) is 7.94. The highest BCUT2D eigenvalue weighted by Gasteiger charge is 2.07. The van der Waals surface area contributed by atoms with Crippen LogP contribution in [0.5, 0.6) is 0 Å². The Morgan fingerprint density at radius 1 is 0.900 bits per heavy atom. The fourth-order valence-corrected chi connectivity index (χ4v) is 1.86. The normalized spacial score (nSPS) is 10.4. The molecule has 3 rings (SSSR count). The molecule has 6 nitrogen and oxygen atoms in total. The molecule has 2 N–H and O–H groups in total. The summed E-state index contributed by atoms with van der Waals surface area (Å²) < 4.78 is 0. The number of aryl methyl sites for hydroxylation is 2. The first-order valence-corrected chi connectivity index (χ1v) is 6.46. The predicted octanol–water partition coefficient (Wildman–Crippen LogP) is 1.80. The van der Waals surface area contributed by atoms with E-state index in [4.69, 9.17) is 0 Å². The van der Waals surface area contributed by atoms with Crippen LogP contribution in [0.2, 0.25) is 0 Å². The summed E-state index contributed by atoms with van der Waals surface area (Å²) in [5, 5.41) is 0. The average molecular weight is 272 g/mol. The molecule has 104 valence electrons. The Morgan fingerprint density at radius 2 is 1.45 bits per heavy atom. The number of H-pyrrole nitrogens is 2. The molecule has 2 heterocycles. The Balaban J connectivity index is 0.000000704. The maximum atomic E-state index is 11.6. The van der Waals surface area contributed by atoms with Crippen LogP contribution in [-0.4, -0.2) is 19.9 Å². The maximum absolute atomic E-state index is 11.6. The van der Waals surface area contributed by atoms with E-state index in [-0.39, 0.29) is 11.2 Å². The van der Waals surface area contributed by atoms with Gasteiger partial charge in [-0.05, 0) is 37.1 Å². The number of fused-ring (bicyclic) bond motifs is 2. The minimum absolute atomic E-state index is 0.144. The van der Waals surface area contributed by atoms with E-state index >= 15 is 0 Å². The van der Waals surface area contributed by atoms with Crippen molar-refractivity contribution >= 4 is 22.2 Å². The zero-order valence-electron chi connectivity index (χ0n) is 11.9. The number of rotatable bonds is 0. The first-order chi connectivity index (χ1) is 9.54. The van der Waals surface area contributed by atoms with Crippen LogP contribution in [0.1, 0.15) is 25.0 Å². The summed E-state index contributed by atoms with van der Waals surface area (Å²) in [5.41, 5.74) is 2.71. The fraction of sp³-hybridized carbons (Fsp3) is 0.286. The van der Waals surface area contributed by atoms with Gasteiger partial charge in [-0.15, -0.1) is 0 Å². The summed E-state index contributed by atoms with van der Waals surface area (Å²) in [5.74, 6) is 0. The Kier molecular flexibility index (Phi) is 3.65. The molecule has 0 aliphatic carbocycles. The van der Waals surface area contributed by atoms with E-state index in [9.17, 15) is 9.59 Å². The molecule has 6 heteroatoms. The molecule has 0 bridgehead atoms. The van der Waals surface area contributed by atoms with E-state index in [1.807, 2.05) is 39.8 Å². The van der Waals surface area contributed by atoms with Crippen molar-refractivity contribution in [2.24, 2.45) is 0 Å². The number of nitrogens with one attached hydrogen (secondary N) is 2. The van der Waals surface area contributed by atoms with Crippen LogP contribution in [0.4, 0.5) is 0 Å². The molecule has 0 aliphatic rings. The monoisotopic (exact) mass is 272 g/mol. The van der Waals surface area contributed by atoms with Gasteiger partial charge in [0.25, 0.3) is 5.56 Å². The summed E-state index contributed by atoms with van der Waals surface area (Å²) >= 11 is 0. The van der Waals surface area contributed by atoms with Crippen LogP contribution in [0.25, 0.3) is 22.2 Å². The van der Waals surface area contributed by atoms with Gasteiger partial charge in [0.1, 0.15) is 0 Å². The molecule has 0 amide bonds. The third kappa shape index (κ3) is 2.32. The summed E-state index contributed by atoms with van der Waals surface area (Å²) in [6.07, 6.45) is 0. The number of hydrogen-bond donors (Lipinski definition) is 2. The SMILES string of the molecule is CC.Cc1cc2nc3[nH]c(=O)[nH]c(=O)c3nc2cc1C. The second-order valence-corrected chi connectivity index (χ2v) is 4.25. The predicted molar refractivity (Wildman–Crippen MR) is 79.1 cm³/mol. The van der Waals surface area contributed by atoms with E-state index in [1.54, 1.807) is 0 Å². The number of aromatic nitrogens is 4. The van der Waals surface area contributed by atoms with E-state index in [0.717, 1.165) is 11.1 Å². The Labute approximate surface area is 114 Å². The molecule has 0 saturated carbocycles. The van der Waals surface area contributed by atoms with Crippen molar-refractivity contribution < 1.29 is 0 Å². The minimum Gasteiger partial charge on any atom is -0.290 e. The Morgan fingerprint density at radius 3 is 2.05 bits per heavy atom. The second-order valence-electron chi connectivity index (χ2n) is 4.25. The van der Waals surface area contributed by atoms with Crippen molar-refractivity contribution in [3.8, 4) is 0 Å². The van der Waals surface area contributed by atoms with Crippen molar-refractivity contribution in [1.82, 2.24) is 19.9 Å². The van der Waals surface area contributed by atoms with Gasteiger partial charge in [-0.3, -0.25) is 14.8 Å². The van der Waals surface area contributed by atoms with Gasteiger partial charge in [-0.25, -0.2) is 14.8 Å². The lowest BCUT2D eigenvalue weighted by atomic mass is 10.1. The first kappa shape index (κ1) is 13.9. The van der Waals surface area contributed by atoms with E-state index in [2.05, 4.69) is 19.9 Å². The van der Waals surface area contributed by atoms with Crippen molar-refractivity contribution in [3.63, 3.8) is 0 Å². The van der Waals surface area contributed by atoms with Crippen LogP contribution in [0.3, 0.4) is 0 Å². The van der Waals surface area contributed by atoms with Crippen molar-refractivity contribution in [2.75, 3.05) is 0 Å². The van der Waals surface area contributed by atoms with Gasteiger partial charge >= 0.3 is 5.69 Å². The lowest BCUT2D eigenvalue weighted by Gasteiger charge is -2.03. The topological polar surface area (TPSA) is 91.5 Å². The van der Waals surface area contributed by atoms with Gasteiger partial charge in [0.15, 0.2) is 11.2 Å². The second kappa shape index (κ2) is 5.24. The standard InChI is InChI=1S/C12H10N4O2.C2H6/c1-5-3-7-8(4-6(5)2)14-10-9(13-7)11(17)16-12(18)15-10;1-2/h3-4H,1-2H3,(H2,14,15,16,17,18);1-2H3. The summed E-state index contributed by atoms with van der Waals surface area (Å²) in [4.78, 5) is 35.9. The zero-order valence-corrected chi connectivity index (χ0v) is 11.9. The number of benzene rings is 1. The van der Waals surface area contributed by atoms with Gasteiger partial charge in [0.2, 0.25) is 0 Å². The molecule has 0 aliphatic heterocycles. The van der Waals surface area contributed by atoms with Crippen LogP contribution < -0.4 is 11.2 Å². The van der Waals surface area contributed by atoms with Gasteiger partial charge < -0.3 is 0 Å². The Bertz CT molecular complexity index is 893. The van der Waals surface area contributed by atoms with Crippen LogP contribution in [0.15, 0.2) is 21.7 Å². The van der Waals surface area contributed by atoms with Gasteiger partial charge in [0, 0.05) is 0 Å². The third-order valence-electron chi connectivity index (χ3n) is 2.95. The maximum Gasteiger partial charge on any atom is 0.327 e. The Hall–Kier alpha value is -2.50. The molecule has 20 heavy (non-hydrogen) atoms. The molecule has 1 aromatic carbocycles. The van der Waals surface area contributed by atoms with E-state index in [0.29, 0.717) is 11.0 Å². The molecule has 0 saturated heterocycles. The van der Waals surface area contributed by atoms with Crippen LogP contribution >= 0.6 is 0 Å². The smallest absolute Gasteiger partial charge is 0.290 e. The highest BCUT2D eigenvalue weighted by atomic mass is 16.2. The molecular formula is C14H16N4O2. The van der Waals surface area contributed by atoms with E-state index < -0.39 is 11.2 Å². The van der Waals surface area contributed by atoms with Crippen molar-refractivity contribution in [3.05, 3.63) is 44.1 Å². The van der Waals surface area contributed by atoms with Crippen molar-refractivity contribution in [1.29, 1.82) is 0 Å². The third-order valence-corrected chi connectivity index (χ3v) is 2.95. The fourth-order valence-electron chi connectivity index (χ4n) is 1.86. The number of aromatic amines is 2. The van der Waals surface area contributed by atoms with Gasteiger partial charge in [-0.2, -0.15) is 0 Å². The molecule has 0 unspecified atom stereocenters. The van der Waals surface area contributed by atoms with Gasteiger partial charge in [0.05, 0.1) is 11.0 Å².